The van der Waals surface area contributed by atoms with Gasteiger partial charge in [-0.2, -0.15) is 5.11 Å². The van der Waals surface area contributed by atoms with Crippen LogP contribution in [0.5, 0.6) is 11.5 Å². The highest BCUT2D eigenvalue weighted by Crippen LogP contribution is 2.32. The molecule has 2 N–H and O–H groups in total. The van der Waals surface area contributed by atoms with Crippen LogP contribution in [-0.4, -0.2) is 17.3 Å². The van der Waals surface area contributed by atoms with Crippen LogP contribution in [-0.2, 0) is 6.61 Å². The molecule has 0 heterocycles. The molecule has 0 aliphatic rings. The third kappa shape index (κ3) is 3.29. The molecule has 0 fully saturated rings. The number of phenols is 1. The zero-order valence-electron chi connectivity index (χ0n) is 10.4. The van der Waals surface area contributed by atoms with Crippen molar-refractivity contribution >= 4 is 11.4 Å². The monoisotopic (exact) mass is 258 g/mol. The van der Waals surface area contributed by atoms with Crippen molar-refractivity contribution in [2.24, 2.45) is 10.2 Å². The number of aliphatic hydroxyl groups is 1. The first kappa shape index (κ1) is 13.0. The maximum absolute atomic E-state index is 9.34. The summed E-state index contributed by atoms with van der Waals surface area (Å²) in [5.74, 6) is 0.568. The average molecular weight is 258 g/mol. The Kier molecular flexibility index (Phi) is 4.10. The van der Waals surface area contributed by atoms with Gasteiger partial charge in [0.15, 0.2) is 0 Å². The largest absolute Gasteiger partial charge is 0.508 e. The highest BCUT2D eigenvalue weighted by Gasteiger charge is 2.02. The zero-order chi connectivity index (χ0) is 13.7. The fraction of sp³-hybridized carbons (Fsp3) is 0.143. The first-order valence-electron chi connectivity index (χ1n) is 5.71. The van der Waals surface area contributed by atoms with E-state index in [2.05, 4.69) is 10.2 Å². The molecule has 0 bridgehead atoms. The predicted octanol–water partition coefficient (Wildman–Crippen LogP) is 3.31. The number of aliphatic hydroxyl groups excluding tert-OH is 1. The van der Waals surface area contributed by atoms with Crippen LogP contribution in [0.2, 0.25) is 0 Å². The Labute approximate surface area is 110 Å². The van der Waals surface area contributed by atoms with Gasteiger partial charge in [0.25, 0.3) is 0 Å². The molecule has 0 atom stereocenters. The molecule has 0 saturated carbocycles. The maximum Gasteiger partial charge on any atom is 0.150 e. The molecule has 2 rings (SSSR count). The standard InChI is InChI=1S/C14H14N2O3/c1-19-14-8-12(18)6-7-13(14)16-15-11-4-2-10(9-17)3-5-11/h2-8,17-18H,9H2,1H3. The zero-order valence-corrected chi connectivity index (χ0v) is 10.4. The Hall–Kier alpha value is -2.40. The molecule has 19 heavy (non-hydrogen) atoms. The SMILES string of the molecule is COc1cc(O)ccc1N=Nc1ccc(CO)cc1. The Balaban J connectivity index is 2.21. The Morgan fingerprint density at radius 1 is 1.05 bits per heavy atom. The van der Waals surface area contributed by atoms with Crippen molar-refractivity contribution < 1.29 is 14.9 Å². The maximum atomic E-state index is 9.34. The van der Waals surface area contributed by atoms with E-state index < -0.39 is 0 Å². The van der Waals surface area contributed by atoms with Gasteiger partial charge in [0.2, 0.25) is 0 Å². The second-order valence-corrected chi connectivity index (χ2v) is 3.88. The van der Waals surface area contributed by atoms with Crippen LogP contribution in [0, 0.1) is 0 Å². The smallest absolute Gasteiger partial charge is 0.150 e. The number of nitrogens with zero attached hydrogens (tertiary/aromatic N) is 2. The molecule has 2 aromatic carbocycles. The molecule has 0 aliphatic heterocycles. The summed E-state index contributed by atoms with van der Waals surface area (Å²) in [4.78, 5) is 0. The van der Waals surface area contributed by atoms with Gasteiger partial charge in [0.1, 0.15) is 17.2 Å². The fourth-order valence-corrected chi connectivity index (χ4v) is 1.53. The molecule has 0 saturated heterocycles. The van der Waals surface area contributed by atoms with Gasteiger partial charge in [-0.15, -0.1) is 5.11 Å². The summed E-state index contributed by atoms with van der Waals surface area (Å²) in [6.45, 7) is 0.00318. The molecule has 0 amide bonds. The quantitative estimate of drug-likeness (QED) is 0.826. The highest BCUT2D eigenvalue weighted by atomic mass is 16.5. The van der Waals surface area contributed by atoms with Crippen molar-refractivity contribution in [3.63, 3.8) is 0 Å². The summed E-state index contributed by atoms with van der Waals surface area (Å²) in [5.41, 5.74) is 2.03. The number of hydrogen-bond acceptors (Lipinski definition) is 5. The number of ether oxygens (including phenoxy) is 1. The van der Waals surface area contributed by atoms with E-state index in [0.29, 0.717) is 17.1 Å². The Morgan fingerprint density at radius 2 is 1.79 bits per heavy atom. The minimum absolute atomic E-state index is 0.00318. The predicted molar refractivity (Wildman–Crippen MR) is 71.2 cm³/mol. The molecule has 0 aliphatic carbocycles. The lowest BCUT2D eigenvalue weighted by atomic mass is 10.2. The van der Waals surface area contributed by atoms with Crippen LogP contribution in [0.15, 0.2) is 52.7 Å². The van der Waals surface area contributed by atoms with E-state index in [0.717, 1.165) is 5.56 Å². The molecule has 0 spiro atoms. The minimum atomic E-state index is 0.00318. The van der Waals surface area contributed by atoms with Crippen molar-refractivity contribution in [2.45, 2.75) is 6.61 Å². The second kappa shape index (κ2) is 5.97. The molecule has 0 unspecified atom stereocenters. The molecular formula is C14H14N2O3. The normalized spacial score (nSPS) is 10.8. The number of hydrogen-bond donors (Lipinski definition) is 2. The van der Waals surface area contributed by atoms with Crippen LogP contribution in [0.3, 0.4) is 0 Å². The molecule has 5 nitrogen and oxygen atoms in total. The number of benzene rings is 2. The van der Waals surface area contributed by atoms with Gasteiger partial charge in [-0.05, 0) is 29.8 Å². The van der Waals surface area contributed by atoms with Crippen LogP contribution in [0.4, 0.5) is 11.4 Å². The summed E-state index contributed by atoms with van der Waals surface area (Å²) < 4.78 is 5.10. The molecule has 0 aromatic heterocycles. The molecule has 2 aromatic rings. The third-order valence-corrected chi connectivity index (χ3v) is 2.56. The first-order valence-corrected chi connectivity index (χ1v) is 5.71. The number of azo groups is 1. The van der Waals surface area contributed by atoms with Crippen molar-refractivity contribution in [1.82, 2.24) is 0 Å². The molecule has 5 heteroatoms. The Bertz CT molecular complexity index is 580. The van der Waals surface area contributed by atoms with Crippen molar-refractivity contribution in [3.8, 4) is 11.5 Å². The molecule has 98 valence electrons. The van der Waals surface area contributed by atoms with Gasteiger partial charge in [-0.3, -0.25) is 0 Å². The third-order valence-electron chi connectivity index (χ3n) is 2.56. The Morgan fingerprint density at radius 3 is 2.42 bits per heavy atom. The van der Waals surface area contributed by atoms with Crippen LogP contribution in [0.1, 0.15) is 5.56 Å². The summed E-state index contributed by atoms with van der Waals surface area (Å²) in [6, 6.07) is 11.7. The van der Waals surface area contributed by atoms with E-state index in [1.54, 1.807) is 30.3 Å². The number of aromatic hydroxyl groups is 1. The highest BCUT2D eigenvalue weighted by molar-refractivity contribution is 5.54. The van der Waals surface area contributed by atoms with Crippen molar-refractivity contribution in [1.29, 1.82) is 0 Å². The van der Waals surface area contributed by atoms with Gasteiger partial charge in [-0.25, -0.2) is 0 Å². The summed E-state index contributed by atoms with van der Waals surface area (Å²) in [5, 5.41) is 26.4. The van der Waals surface area contributed by atoms with E-state index in [4.69, 9.17) is 9.84 Å². The van der Waals surface area contributed by atoms with Gasteiger partial charge < -0.3 is 14.9 Å². The lowest BCUT2D eigenvalue weighted by Crippen LogP contribution is -1.82. The number of phenolic OH excluding ortho intramolecular Hbond substituents is 1. The van der Waals surface area contributed by atoms with E-state index in [9.17, 15) is 5.11 Å². The lowest BCUT2D eigenvalue weighted by molar-refractivity contribution is 0.282. The number of rotatable bonds is 4. The van der Waals surface area contributed by atoms with Gasteiger partial charge in [0, 0.05) is 6.07 Å². The topological polar surface area (TPSA) is 74.4 Å². The first-order chi connectivity index (χ1) is 9.22. The summed E-state index contributed by atoms with van der Waals surface area (Å²) in [7, 11) is 1.50. The van der Waals surface area contributed by atoms with E-state index >= 15 is 0 Å². The molecule has 0 radical (unpaired) electrons. The van der Waals surface area contributed by atoms with Crippen LogP contribution < -0.4 is 4.74 Å². The van der Waals surface area contributed by atoms with Crippen molar-refractivity contribution in [3.05, 3.63) is 48.0 Å². The number of methoxy groups -OCH3 is 1. The summed E-state index contributed by atoms with van der Waals surface area (Å²) >= 11 is 0. The van der Waals surface area contributed by atoms with Gasteiger partial charge in [-0.1, -0.05) is 12.1 Å². The molecular weight excluding hydrogens is 244 g/mol. The lowest BCUT2D eigenvalue weighted by Gasteiger charge is -2.03. The average Bonchev–Trinajstić information content (AvgIpc) is 2.46. The van der Waals surface area contributed by atoms with Crippen molar-refractivity contribution in [2.75, 3.05) is 7.11 Å². The summed E-state index contributed by atoms with van der Waals surface area (Å²) in [6.07, 6.45) is 0. The van der Waals surface area contributed by atoms with E-state index in [1.165, 1.54) is 19.2 Å². The minimum Gasteiger partial charge on any atom is -0.508 e. The van der Waals surface area contributed by atoms with E-state index in [-0.39, 0.29) is 12.4 Å². The second-order valence-electron chi connectivity index (χ2n) is 3.88. The van der Waals surface area contributed by atoms with Gasteiger partial charge in [0.05, 0.1) is 19.4 Å². The fourth-order valence-electron chi connectivity index (χ4n) is 1.53. The van der Waals surface area contributed by atoms with E-state index in [1.807, 2.05) is 0 Å². The van der Waals surface area contributed by atoms with Crippen LogP contribution in [0.25, 0.3) is 0 Å². The van der Waals surface area contributed by atoms with Gasteiger partial charge >= 0.3 is 0 Å². The van der Waals surface area contributed by atoms with Crippen LogP contribution >= 0.6 is 0 Å².